The molecule has 0 nitrogen and oxygen atoms in total. The van der Waals surface area contributed by atoms with Gasteiger partial charge in [0, 0.05) is 0 Å². The van der Waals surface area contributed by atoms with Crippen LogP contribution in [0.3, 0.4) is 0 Å². The molecular formula is C9H9Ge. The van der Waals surface area contributed by atoms with Crippen molar-refractivity contribution in [2.75, 3.05) is 0 Å². The van der Waals surface area contributed by atoms with Crippen molar-refractivity contribution in [1.29, 1.82) is 0 Å². The number of hydrogen-bond donors (Lipinski definition) is 0. The van der Waals surface area contributed by atoms with Crippen LogP contribution in [-0.2, 0) is 0 Å². The zero-order valence-corrected chi connectivity index (χ0v) is 8.06. The molecule has 1 heterocycles. The van der Waals surface area contributed by atoms with Gasteiger partial charge in [0.15, 0.2) is 0 Å². The molecule has 0 unspecified atom stereocenters. The molecule has 1 aromatic carbocycles. The van der Waals surface area contributed by atoms with E-state index in [4.69, 9.17) is 0 Å². The van der Waals surface area contributed by atoms with Gasteiger partial charge in [0.2, 0.25) is 0 Å². The van der Waals surface area contributed by atoms with Crippen LogP contribution in [0.15, 0.2) is 34.1 Å². The summed E-state index contributed by atoms with van der Waals surface area (Å²) < 4.78 is 1.63. The molecule has 1 aliphatic rings. The van der Waals surface area contributed by atoms with Crippen molar-refractivity contribution in [2.45, 2.75) is 6.92 Å². The molecule has 0 spiro atoms. The summed E-state index contributed by atoms with van der Waals surface area (Å²) in [6.45, 7) is 2.20. The molecule has 0 saturated carbocycles. The number of benzene rings is 1. The van der Waals surface area contributed by atoms with Gasteiger partial charge in [0.1, 0.15) is 0 Å². The van der Waals surface area contributed by atoms with Crippen LogP contribution in [0.2, 0.25) is 0 Å². The van der Waals surface area contributed by atoms with Crippen molar-refractivity contribution in [3.63, 3.8) is 0 Å². The third-order valence-electron chi connectivity index (χ3n) is 1.79. The molecule has 0 saturated heterocycles. The Morgan fingerprint density at radius 2 is 1.80 bits per heavy atom. The summed E-state index contributed by atoms with van der Waals surface area (Å²) in [7, 11) is 0. The van der Waals surface area contributed by atoms with Gasteiger partial charge in [-0.05, 0) is 0 Å². The molecule has 0 N–H and O–H groups in total. The van der Waals surface area contributed by atoms with Gasteiger partial charge in [-0.1, -0.05) is 0 Å². The second-order valence-corrected chi connectivity index (χ2v) is 7.04. The van der Waals surface area contributed by atoms with E-state index in [1.54, 1.807) is 4.40 Å². The first kappa shape index (κ1) is 6.23. The van der Waals surface area contributed by atoms with Gasteiger partial charge in [0.25, 0.3) is 0 Å². The summed E-state index contributed by atoms with van der Waals surface area (Å²) in [5, 5.41) is 0. The van der Waals surface area contributed by atoms with Crippen molar-refractivity contribution >= 4 is 18.7 Å². The summed E-state index contributed by atoms with van der Waals surface area (Å²) in [5.41, 5.74) is 1.47. The summed E-state index contributed by atoms with van der Waals surface area (Å²) in [6, 6.07) is 8.72. The van der Waals surface area contributed by atoms with E-state index in [2.05, 4.69) is 41.0 Å². The molecular weight excluding hydrogens is 181 g/mol. The van der Waals surface area contributed by atoms with Crippen LogP contribution in [0, 0.1) is 6.92 Å². The van der Waals surface area contributed by atoms with Crippen LogP contribution in [0.5, 0.6) is 0 Å². The summed E-state index contributed by atoms with van der Waals surface area (Å²) >= 11 is -0.813. The molecule has 0 fully saturated rings. The molecule has 0 aliphatic carbocycles. The molecule has 0 bridgehead atoms. The molecule has 2 rings (SSSR count). The Labute approximate surface area is 65.7 Å². The first-order chi connectivity index (χ1) is 4.88. The third kappa shape index (κ3) is 1.04. The van der Waals surface area contributed by atoms with Crippen molar-refractivity contribution in [1.82, 2.24) is 0 Å². The van der Waals surface area contributed by atoms with E-state index in [0.717, 1.165) is 0 Å². The fraction of sp³-hybridized carbons (Fsp3) is 0.111. The van der Waals surface area contributed by atoms with Gasteiger partial charge in [-0.25, -0.2) is 0 Å². The van der Waals surface area contributed by atoms with Crippen molar-refractivity contribution in [3.8, 4) is 0 Å². The fourth-order valence-corrected chi connectivity index (χ4v) is 4.69. The van der Waals surface area contributed by atoms with Crippen molar-refractivity contribution in [3.05, 3.63) is 39.6 Å². The summed E-state index contributed by atoms with van der Waals surface area (Å²) in [4.78, 5) is 4.78. The SMILES string of the molecule is Cc1cccc[c]1[Ge]1[CH]=[CH]1. The summed E-state index contributed by atoms with van der Waals surface area (Å²) in [5.74, 6) is 0. The van der Waals surface area contributed by atoms with E-state index in [-0.39, 0.29) is 0 Å². The van der Waals surface area contributed by atoms with E-state index in [9.17, 15) is 0 Å². The molecule has 1 radical (unpaired) electrons. The number of hydrogen-bond acceptors (Lipinski definition) is 0. The number of aryl methyl sites for hydroxylation is 1. The van der Waals surface area contributed by atoms with Gasteiger partial charge in [0.05, 0.1) is 0 Å². The molecule has 0 amide bonds. The number of rotatable bonds is 1. The van der Waals surface area contributed by atoms with Crippen LogP contribution >= 0.6 is 0 Å². The van der Waals surface area contributed by atoms with Crippen LogP contribution in [0.25, 0.3) is 0 Å². The van der Waals surface area contributed by atoms with Gasteiger partial charge in [-0.2, -0.15) is 0 Å². The van der Waals surface area contributed by atoms with Crippen LogP contribution in [0.1, 0.15) is 5.56 Å². The van der Waals surface area contributed by atoms with E-state index < -0.39 is 14.3 Å². The van der Waals surface area contributed by atoms with Crippen LogP contribution in [-0.4, -0.2) is 14.3 Å². The molecule has 0 aromatic heterocycles. The normalized spacial score (nSPS) is 15.7. The van der Waals surface area contributed by atoms with Gasteiger partial charge in [-0.3, -0.25) is 0 Å². The van der Waals surface area contributed by atoms with Gasteiger partial charge < -0.3 is 0 Å². The maximum absolute atomic E-state index is 2.39. The van der Waals surface area contributed by atoms with Crippen LogP contribution < -0.4 is 4.40 Å². The van der Waals surface area contributed by atoms with E-state index in [0.29, 0.717) is 0 Å². The van der Waals surface area contributed by atoms with Gasteiger partial charge in [-0.15, -0.1) is 0 Å². The minimum absolute atomic E-state index is 0.813. The molecule has 1 aliphatic heterocycles. The summed E-state index contributed by atoms with van der Waals surface area (Å²) in [6.07, 6.45) is 0. The standard InChI is InChI=1S/C9H9Ge/c1-8-4-2-3-5-9(8)10-6-7-10/h2-7H,1H3. The van der Waals surface area contributed by atoms with Gasteiger partial charge >= 0.3 is 65.3 Å². The predicted octanol–water partition coefficient (Wildman–Crippen LogP) is 1.35. The Kier molecular flexibility index (Phi) is 1.42. The zero-order chi connectivity index (χ0) is 6.97. The Hall–Kier alpha value is -0.497. The Morgan fingerprint density at radius 3 is 2.40 bits per heavy atom. The average Bonchev–Trinajstić information content (AvgIpc) is 2.71. The Balaban J connectivity index is 2.39. The van der Waals surface area contributed by atoms with E-state index >= 15 is 0 Å². The quantitative estimate of drug-likeness (QED) is 0.586. The van der Waals surface area contributed by atoms with Crippen molar-refractivity contribution in [2.24, 2.45) is 0 Å². The van der Waals surface area contributed by atoms with E-state index in [1.165, 1.54) is 5.56 Å². The first-order valence-electron chi connectivity index (χ1n) is 3.49. The molecule has 0 atom stereocenters. The minimum atomic E-state index is -0.813. The Bertz CT molecular complexity index is 270. The fourth-order valence-electron chi connectivity index (χ4n) is 1.12. The third-order valence-corrected chi connectivity index (χ3v) is 5.67. The molecule has 10 heavy (non-hydrogen) atoms. The maximum atomic E-state index is 2.39. The zero-order valence-electron chi connectivity index (χ0n) is 5.96. The first-order valence-corrected chi connectivity index (χ1v) is 6.96. The Morgan fingerprint density at radius 1 is 1.10 bits per heavy atom. The molecule has 49 valence electrons. The van der Waals surface area contributed by atoms with E-state index in [1.807, 2.05) is 0 Å². The topological polar surface area (TPSA) is 0 Å². The molecule has 1 heteroatoms. The second kappa shape index (κ2) is 2.28. The average molecular weight is 190 g/mol. The van der Waals surface area contributed by atoms with Crippen LogP contribution in [0.4, 0.5) is 0 Å². The molecule has 1 aromatic rings. The van der Waals surface area contributed by atoms with Crippen molar-refractivity contribution < 1.29 is 0 Å². The monoisotopic (exact) mass is 191 g/mol. The second-order valence-electron chi connectivity index (χ2n) is 2.60. The predicted molar refractivity (Wildman–Crippen MR) is 45.7 cm³/mol.